The van der Waals surface area contributed by atoms with Crippen LogP contribution in [0.3, 0.4) is 0 Å². The molecule has 1 radical (unpaired) electrons. The van der Waals surface area contributed by atoms with E-state index in [4.69, 9.17) is 0 Å². The van der Waals surface area contributed by atoms with E-state index in [1.165, 1.54) is 18.6 Å². The van der Waals surface area contributed by atoms with Gasteiger partial charge in [-0.3, -0.25) is 4.79 Å². The SMILES string of the molecule is O=[C]NCC1CCCS1. The number of carbonyl (C=O) groups excluding carboxylic acids is 1. The third-order valence-corrected chi connectivity index (χ3v) is 2.82. The summed E-state index contributed by atoms with van der Waals surface area (Å²) >= 11 is 1.94. The van der Waals surface area contributed by atoms with Gasteiger partial charge in [-0.25, -0.2) is 0 Å². The summed E-state index contributed by atoms with van der Waals surface area (Å²) in [5.41, 5.74) is 0. The van der Waals surface area contributed by atoms with Crippen molar-refractivity contribution < 1.29 is 4.79 Å². The van der Waals surface area contributed by atoms with Gasteiger partial charge in [0.2, 0.25) is 0 Å². The Morgan fingerprint density at radius 2 is 2.67 bits per heavy atom. The Hall–Kier alpha value is -0.180. The summed E-state index contributed by atoms with van der Waals surface area (Å²) in [5.74, 6) is 1.26. The van der Waals surface area contributed by atoms with E-state index in [1.807, 2.05) is 11.8 Å². The molecule has 0 bridgehead atoms. The maximum absolute atomic E-state index is 9.72. The number of thioether (sulfide) groups is 1. The number of hydrogen-bond acceptors (Lipinski definition) is 2. The lowest BCUT2D eigenvalue weighted by Gasteiger charge is -2.03. The summed E-state index contributed by atoms with van der Waals surface area (Å²) in [5, 5.41) is 3.22. The average Bonchev–Trinajstić information content (AvgIpc) is 2.34. The highest BCUT2D eigenvalue weighted by atomic mass is 32.2. The van der Waals surface area contributed by atoms with Gasteiger partial charge in [-0.1, -0.05) is 0 Å². The fourth-order valence-corrected chi connectivity index (χ4v) is 2.16. The van der Waals surface area contributed by atoms with Crippen LogP contribution in [-0.4, -0.2) is 24.0 Å². The van der Waals surface area contributed by atoms with E-state index < -0.39 is 0 Å². The first-order chi connectivity index (χ1) is 4.43. The zero-order valence-electron chi connectivity index (χ0n) is 5.22. The fraction of sp³-hybridized carbons (Fsp3) is 0.833. The molecular formula is C6H10NOS. The predicted octanol–water partition coefficient (Wildman–Crippen LogP) is 0.539. The van der Waals surface area contributed by atoms with Crippen molar-refractivity contribution in [1.82, 2.24) is 5.32 Å². The number of rotatable bonds is 3. The summed E-state index contributed by atoms with van der Waals surface area (Å²) < 4.78 is 0. The summed E-state index contributed by atoms with van der Waals surface area (Å²) in [6.45, 7) is 0.800. The Morgan fingerprint density at radius 1 is 1.78 bits per heavy atom. The Morgan fingerprint density at radius 3 is 3.22 bits per heavy atom. The minimum absolute atomic E-state index is 0.659. The molecule has 1 heterocycles. The highest BCUT2D eigenvalue weighted by Crippen LogP contribution is 2.24. The topological polar surface area (TPSA) is 29.1 Å². The molecule has 0 aliphatic carbocycles. The highest BCUT2D eigenvalue weighted by Gasteiger charge is 2.13. The molecule has 9 heavy (non-hydrogen) atoms. The molecule has 1 N–H and O–H groups in total. The molecule has 0 aromatic heterocycles. The zero-order valence-corrected chi connectivity index (χ0v) is 6.04. The normalized spacial score (nSPS) is 26.0. The van der Waals surface area contributed by atoms with Crippen LogP contribution in [0.5, 0.6) is 0 Å². The molecule has 1 fully saturated rings. The number of hydrogen-bond donors (Lipinski definition) is 1. The first-order valence-electron chi connectivity index (χ1n) is 3.15. The molecule has 1 atom stereocenters. The Balaban J connectivity index is 2.04. The van der Waals surface area contributed by atoms with E-state index in [2.05, 4.69) is 5.32 Å². The van der Waals surface area contributed by atoms with E-state index in [1.54, 1.807) is 6.41 Å². The predicted molar refractivity (Wildman–Crippen MR) is 39.2 cm³/mol. The summed E-state index contributed by atoms with van der Waals surface area (Å²) in [7, 11) is 0. The molecule has 51 valence electrons. The molecular weight excluding hydrogens is 134 g/mol. The first-order valence-corrected chi connectivity index (χ1v) is 4.20. The van der Waals surface area contributed by atoms with Crippen molar-refractivity contribution >= 4 is 18.2 Å². The second-order valence-corrected chi connectivity index (χ2v) is 3.53. The molecule has 1 aliphatic rings. The highest BCUT2D eigenvalue weighted by molar-refractivity contribution is 8.00. The van der Waals surface area contributed by atoms with Gasteiger partial charge in [-0.2, -0.15) is 11.8 Å². The molecule has 0 aromatic rings. The lowest BCUT2D eigenvalue weighted by atomic mass is 10.2. The smallest absolute Gasteiger partial charge is 0.309 e. The van der Waals surface area contributed by atoms with Crippen LogP contribution in [0.25, 0.3) is 0 Å². The molecule has 0 spiro atoms. The van der Waals surface area contributed by atoms with Crippen LogP contribution < -0.4 is 5.32 Å². The molecule has 3 heteroatoms. The lowest BCUT2D eigenvalue weighted by molar-refractivity contribution is 0.540. The van der Waals surface area contributed by atoms with Crippen molar-refractivity contribution in [2.24, 2.45) is 0 Å². The van der Waals surface area contributed by atoms with Gasteiger partial charge >= 0.3 is 6.41 Å². The first kappa shape index (κ1) is 6.93. The molecule has 1 amide bonds. The summed E-state index contributed by atoms with van der Waals surface area (Å²) in [4.78, 5) is 9.72. The van der Waals surface area contributed by atoms with Gasteiger partial charge in [0.05, 0.1) is 0 Å². The van der Waals surface area contributed by atoms with E-state index in [0.717, 1.165) is 6.54 Å². The van der Waals surface area contributed by atoms with Crippen LogP contribution in [0.4, 0.5) is 0 Å². The quantitative estimate of drug-likeness (QED) is 0.586. The molecule has 1 aliphatic heterocycles. The third-order valence-electron chi connectivity index (χ3n) is 1.43. The van der Waals surface area contributed by atoms with Gasteiger partial charge in [0.15, 0.2) is 0 Å². The van der Waals surface area contributed by atoms with Crippen LogP contribution in [-0.2, 0) is 4.79 Å². The molecule has 1 rings (SSSR count). The van der Waals surface area contributed by atoms with Crippen LogP contribution in [0.15, 0.2) is 0 Å². The number of nitrogens with one attached hydrogen (secondary N) is 1. The van der Waals surface area contributed by atoms with Gasteiger partial charge in [-0.15, -0.1) is 0 Å². The molecule has 2 nitrogen and oxygen atoms in total. The fourth-order valence-electron chi connectivity index (χ4n) is 0.961. The van der Waals surface area contributed by atoms with Crippen molar-refractivity contribution in [2.45, 2.75) is 18.1 Å². The van der Waals surface area contributed by atoms with Crippen molar-refractivity contribution in [3.8, 4) is 0 Å². The second-order valence-electron chi connectivity index (χ2n) is 2.12. The Bertz CT molecular complexity index is 91.1. The zero-order chi connectivity index (χ0) is 6.53. The molecule has 0 aromatic carbocycles. The minimum atomic E-state index is 0.659. The van der Waals surface area contributed by atoms with Crippen molar-refractivity contribution in [3.63, 3.8) is 0 Å². The monoisotopic (exact) mass is 144 g/mol. The van der Waals surface area contributed by atoms with E-state index in [-0.39, 0.29) is 0 Å². The van der Waals surface area contributed by atoms with Crippen LogP contribution in [0, 0.1) is 0 Å². The van der Waals surface area contributed by atoms with E-state index in [0.29, 0.717) is 5.25 Å². The van der Waals surface area contributed by atoms with Gasteiger partial charge < -0.3 is 5.32 Å². The van der Waals surface area contributed by atoms with Gasteiger partial charge in [0, 0.05) is 11.8 Å². The summed E-state index contributed by atoms with van der Waals surface area (Å²) in [6.07, 6.45) is 4.23. The summed E-state index contributed by atoms with van der Waals surface area (Å²) in [6, 6.07) is 0. The van der Waals surface area contributed by atoms with Crippen LogP contribution in [0.1, 0.15) is 12.8 Å². The molecule has 0 saturated carbocycles. The molecule has 1 unspecified atom stereocenters. The minimum Gasteiger partial charge on any atom is -0.347 e. The third kappa shape index (κ3) is 2.26. The standard InChI is InChI=1S/C6H10NOS/c8-5-7-4-6-2-1-3-9-6/h6H,1-4H2,(H,7,8). The lowest BCUT2D eigenvalue weighted by Crippen LogP contribution is -2.20. The Kier molecular flexibility index (Phi) is 2.91. The molecule has 1 saturated heterocycles. The van der Waals surface area contributed by atoms with Crippen molar-refractivity contribution in [3.05, 3.63) is 0 Å². The van der Waals surface area contributed by atoms with Crippen LogP contribution >= 0.6 is 11.8 Å². The maximum Gasteiger partial charge on any atom is 0.309 e. The average molecular weight is 144 g/mol. The van der Waals surface area contributed by atoms with Crippen molar-refractivity contribution in [2.75, 3.05) is 12.3 Å². The largest absolute Gasteiger partial charge is 0.347 e. The van der Waals surface area contributed by atoms with Gasteiger partial charge in [0.25, 0.3) is 0 Å². The maximum atomic E-state index is 9.72. The Labute approximate surface area is 59.4 Å². The van der Waals surface area contributed by atoms with Crippen LogP contribution in [0.2, 0.25) is 0 Å². The number of amides is 1. The van der Waals surface area contributed by atoms with E-state index >= 15 is 0 Å². The van der Waals surface area contributed by atoms with Crippen molar-refractivity contribution in [1.29, 1.82) is 0 Å². The van der Waals surface area contributed by atoms with Gasteiger partial charge in [-0.05, 0) is 18.6 Å². The second kappa shape index (κ2) is 3.77. The van der Waals surface area contributed by atoms with E-state index in [9.17, 15) is 4.79 Å². The van der Waals surface area contributed by atoms with Gasteiger partial charge in [0.1, 0.15) is 0 Å².